The molecule has 1 aromatic heterocycles. The Balaban J connectivity index is 1.48. The summed E-state index contributed by atoms with van der Waals surface area (Å²) in [6.07, 6.45) is 0.427. The topological polar surface area (TPSA) is 72.0 Å². The molecule has 1 saturated heterocycles. The van der Waals surface area contributed by atoms with Crippen molar-refractivity contribution in [2.45, 2.75) is 19.1 Å². The number of aromatic nitrogens is 1. The SMILES string of the molecule is COc1cccc(CO[C@@H]2CN(CCc3ccccc3)C(=O)CN(C(=O)c3cscn3)C2)c1. The van der Waals surface area contributed by atoms with Crippen molar-refractivity contribution in [3.63, 3.8) is 0 Å². The molecule has 0 unspecified atom stereocenters. The fourth-order valence-corrected chi connectivity index (χ4v) is 4.35. The van der Waals surface area contributed by atoms with E-state index < -0.39 is 0 Å². The lowest BCUT2D eigenvalue weighted by atomic mass is 10.1. The highest BCUT2D eigenvalue weighted by Gasteiger charge is 2.31. The third-order valence-electron chi connectivity index (χ3n) is 5.60. The lowest BCUT2D eigenvalue weighted by molar-refractivity contribution is -0.131. The first kappa shape index (κ1) is 22.9. The molecule has 2 aromatic carbocycles. The summed E-state index contributed by atoms with van der Waals surface area (Å²) < 4.78 is 11.5. The van der Waals surface area contributed by atoms with Crippen molar-refractivity contribution in [3.05, 3.63) is 82.3 Å². The average Bonchev–Trinajstić information content (AvgIpc) is 3.34. The highest BCUT2D eigenvalue weighted by molar-refractivity contribution is 7.07. The Morgan fingerprint density at radius 1 is 1.12 bits per heavy atom. The molecule has 0 aliphatic carbocycles. The van der Waals surface area contributed by atoms with Crippen molar-refractivity contribution in [1.82, 2.24) is 14.8 Å². The third-order valence-corrected chi connectivity index (χ3v) is 6.19. The second-order valence-corrected chi connectivity index (χ2v) is 8.64. The molecule has 0 saturated carbocycles. The zero-order valence-corrected chi connectivity index (χ0v) is 19.4. The fourth-order valence-electron chi connectivity index (χ4n) is 3.82. The van der Waals surface area contributed by atoms with Crippen molar-refractivity contribution in [2.24, 2.45) is 0 Å². The molecule has 3 aromatic rings. The van der Waals surface area contributed by atoms with Gasteiger partial charge in [0.15, 0.2) is 0 Å². The van der Waals surface area contributed by atoms with E-state index in [4.69, 9.17) is 9.47 Å². The van der Waals surface area contributed by atoms with Crippen LogP contribution in [-0.4, -0.2) is 66.0 Å². The molecule has 1 fully saturated rings. The highest BCUT2D eigenvalue weighted by atomic mass is 32.1. The van der Waals surface area contributed by atoms with Crippen LogP contribution in [0.2, 0.25) is 0 Å². The maximum atomic E-state index is 13.1. The van der Waals surface area contributed by atoms with E-state index in [0.717, 1.165) is 17.7 Å². The minimum Gasteiger partial charge on any atom is -0.497 e. The van der Waals surface area contributed by atoms with E-state index in [1.165, 1.54) is 16.9 Å². The van der Waals surface area contributed by atoms with Gasteiger partial charge in [-0.05, 0) is 29.7 Å². The Labute approximate surface area is 197 Å². The molecule has 1 aliphatic rings. The lowest BCUT2D eigenvalue weighted by Crippen LogP contribution is -2.40. The number of rotatable bonds is 8. The Morgan fingerprint density at radius 2 is 1.94 bits per heavy atom. The van der Waals surface area contributed by atoms with Crippen molar-refractivity contribution in [1.29, 1.82) is 0 Å². The number of hydrogen-bond donors (Lipinski definition) is 0. The number of carbonyl (C=O) groups is 2. The standard InChI is InChI=1S/C25H27N3O4S/c1-31-21-9-5-8-20(12-21)16-32-22-13-27(11-10-19-6-3-2-4-7-19)24(29)15-28(14-22)25(30)23-17-33-18-26-23/h2-9,12,17-18,22H,10-11,13-16H2,1H3/t22-/m1/s1. The van der Waals surface area contributed by atoms with Gasteiger partial charge in [0, 0.05) is 25.0 Å². The summed E-state index contributed by atoms with van der Waals surface area (Å²) >= 11 is 1.36. The molecule has 2 heterocycles. The average molecular weight is 466 g/mol. The largest absolute Gasteiger partial charge is 0.497 e. The Kier molecular flexibility index (Phi) is 7.70. The quantitative estimate of drug-likeness (QED) is 0.511. The van der Waals surface area contributed by atoms with Crippen molar-refractivity contribution < 1.29 is 19.1 Å². The number of ether oxygens (including phenoxy) is 2. The van der Waals surface area contributed by atoms with Gasteiger partial charge in [0.2, 0.25) is 5.91 Å². The van der Waals surface area contributed by atoms with Gasteiger partial charge >= 0.3 is 0 Å². The first-order valence-corrected chi connectivity index (χ1v) is 11.8. The molecule has 2 amide bonds. The van der Waals surface area contributed by atoms with Gasteiger partial charge in [-0.1, -0.05) is 42.5 Å². The zero-order valence-electron chi connectivity index (χ0n) is 18.6. The van der Waals surface area contributed by atoms with Gasteiger partial charge in [0.25, 0.3) is 5.91 Å². The molecule has 7 nitrogen and oxygen atoms in total. The van der Waals surface area contributed by atoms with Gasteiger partial charge in [-0.25, -0.2) is 4.98 Å². The van der Waals surface area contributed by atoms with Gasteiger partial charge in [-0.3, -0.25) is 9.59 Å². The third kappa shape index (κ3) is 6.18. The van der Waals surface area contributed by atoms with Crippen molar-refractivity contribution in [3.8, 4) is 5.75 Å². The Hall–Kier alpha value is -3.23. The monoisotopic (exact) mass is 465 g/mol. The minimum absolute atomic E-state index is 0.0180. The molecule has 1 aliphatic heterocycles. The normalized spacial score (nSPS) is 16.5. The summed E-state index contributed by atoms with van der Waals surface area (Å²) in [5.74, 6) is 0.434. The number of carbonyl (C=O) groups excluding carboxylic acids is 2. The van der Waals surface area contributed by atoms with E-state index in [1.807, 2.05) is 42.5 Å². The smallest absolute Gasteiger partial charge is 0.273 e. The summed E-state index contributed by atoms with van der Waals surface area (Å²) in [6, 6.07) is 17.8. The lowest BCUT2D eigenvalue weighted by Gasteiger charge is -2.25. The van der Waals surface area contributed by atoms with Crippen LogP contribution in [0.1, 0.15) is 21.6 Å². The van der Waals surface area contributed by atoms with Gasteiger partial charge in [0.05, 0.1) is 25.3 Å². The summed E-state index contributed by atoms with van der Waals surface area (Å²) in [5, 5.41) is 1.71. The van der Waals surface area contributed by atoms with E-state index in [-0.39, 0.29) is 24.5 Å². The van der Waals surface area contributed by atoms with Crippen molar-refractivity contribution >= 4 is 23.2 Å². The molecular weight excluding hydrogens is 438 g/mol. The molecule has 0 bridgehead atoms. The predicted molar refractivity (Wildman–Crippen MR) is 126 cm³/mol. The van der Waals surface area contributed by atoms with E-state index in [0.29, 0.717) is 31.9 Å². The van der Waals surface area contributed by atoms with Crippen LogP contribution in [0.3, 0.4) is 0 Å². The number of nitrogens with zero attached hydrogens (tertiary/aromatic N) is 3. The molecule has 8 heteroatoms. The second kappa shape index (κ2) is 11.1. The predicted octanol–water partition coefficient (Wildman–Crippen LogP) is 3.26. The van der Waals surface area contributed by atoms with Crippen molar-refractivity contribution in [2.75, 3.05) is 33.3 Å². The van der Waals surface area contributed by atoms with Crippen LogP contribution >= 0.6 is 11.3 Å². The highest BCUT2D eigenvalue weighted by Crippen LogP contribution is 2.17. The number of benzene rings is 2. The van der Waals surface area contributed by atoms with Crippen LogP contribution in [-0.2, 0) is 22.6 Å². The molecule has 172 valence electrons. The fraction of sp³-hybridized carbons (Fsp3) is 0.320. The molecule has 4 rings (SSSR count). The number of thiazole rings is 1. The number of methoxy groups -OCH3 is 1. The van der Waals surface area contributed by atoms with Gasteiger partial charge in [0.1, 0.15) is 18.0 Å². The van der Waals surface area contributed by atoms with Gasteiger partial charge in [-0.15, -0.1) is 11.3 Å². The summed E-state index contributed by atoms with van der Waals surface area (Å²) in [5.41, 5.74) is 4.12. The number of hydrogen-bond acceptors (Lipinski definition) is 6. The molecule has 33 heavy (non-hydrogen) atoms. The summed E-state index contributed by atoms with van der Waals surface area (Å²) in [7, 11) is 1.63. The second-order valence-electron chi connectivity index (χ2n) is 7.92. The van der Waals surface area contributed by atoms with E-state index in [2.05, 4.69) is 17.1 Å². The first-order chi connectivity index (χ1) is 16.1. The summed E-state index contributed by atoms with van der Waals surface area (Å²) in [4.78, 5) is 33.5. The van der Waals surface area contributed by atoms with Crippen LogP contribution in [0.5, 0.6) is 5.75 Å². The summed E-state index contributed by atoms with van der Waals surface area (Å²) in [6.45, 7) is 1.70. The van der Waals surface area contributed by atoms with Gasteiger partial charge in [-0.2, -0.15) is 0 Å². The Bertz CT molecular complexity index is 1060. The molecule has 0 N–H and O–H groups in total. The van der Waals surface area contributed by atoms with E-state index in [9.17, 15) is 9.59 Å². The molecule has 1 atom stereocenters. The number of amides is 2. The Morgan fingerprint density at radius 3 is 2.70 bits per heavy atom. The van der Waals surface area contributed by atoms with Crippen LogP contribution in [0.25, 0.3) is 0 Å². The van der Waals surface area contributed by atoms with Crippen LogP contribution in [0.15, 0.2) is 65.5 Å². The maximum absolute atomic E-state index is 13.1. The zero-order chi connectivity index (χ0) is 23.0. The van der Waals surface area contributed by atoms with Crippen LogP contribution < -0.4 is 4.74 Å². The van der Waals surface area contributed by atoms with E-state index in [1.54, 1.807) is 27.8 Å². The minimum atomic E-state index is -0.319. The molecular formula is C25H27N3O4S. The molecule has 0 spiro atoms. The van der Waals surface area contributed by atoms with Crippen LogP contribution in [0.4, 0.5) is 0 Å². The van der Waals surface area contributed by atoms with E-state index >= 15 is 0 Å². The molecule has 0 radical (unpaired) electrons. The van der Waals surface area contributed by atoms with Crippen LogP contribution in [0, 0.1) is 0 Å². The van der Waals surface area contributed by atoms with Gasteiger partial charge < -0.3 is 19.3 Å². The first-order valence-electron chi connectivity index (χ1n) is 10.9. The maximum Gasteiger partial charge on any atom is 0.273 e.